The first-order chi connectivity index (χ1) is 13.8. The second kappa shape index (κ2) is 9.05. The lowest BCUT2D eigenvalue weighted by Gasteiger charge is -2.19. The third kappa shape index (κ3) is 5.55. The van der Waals surface area contributed by atoms with E-state index in [9.17, 15) is 19.1 Å². The molecule has 0 saturated carbocycles. The maximum atomic E-state index is 12.2. The molecule has 0 aliphatic carbocycles. The van der Waals surface area contributed by atoms with Crippen molar-refractivity contribution >= 4 is 19.4 Å². The summed E-state index contributed by atoms with van der Waals surface area (Å²) in [5.41, 5.74) is 2.32. The average Bonchev–Trinajstić information content (AvgIpc) is 2.72. The van der Waals surface area contributed by atoms with E-state index in [1.165, 1.54) is 6.92 Å². The Kier molecular flexibility index (Phi) is 6.49. The van der Waals surface area contributed by atoms with Gasteiger partial charge >= 0.3 is 13.7 Å². The molecule has 0 saturated heterocycles. The van der Waals surface area contributed by atoms with Crippen molar-refractivity contribution in [2.45, 2.75) is 19.2 Å². The number of hydrogen-bond donors (Lipinski definition) is 3. The Labute approximate surface area is 169 Å². The lowest BCUT2D eigenvalue weighted by atomic mass is 9.97. The van der Waals surface area contributed by atoms with Crippen molar-refractivity contribution in [3.05, 3.63) is 90.0 Å². The van der Waals surface area contributed by atoms with Crippen LogP contribution in [0.2, 0.25) is 0 Å². The third-order valence-electron chi connectivity index (χ3n) is 4.55. The fourth-order valence-electron chi connectivity index (χ4n) is 2.92. The lowest BCUT2D eigenvalue weighted by Crippen LogP contribution is -2.13. The molecule has 3 aromatic carbocycles. The van der Waals surface area contributed by atoms with Crippen molar-refractivity contribution in [2.75, 3.05) is 5.32 Å². The highest BCUT2D eigenvalue weighted by Crippen LogP contribution is 2.53. The molecule has 0 bridgehead atoms. The van der Waals surface area contributed by atoms with E-state index in [0.29, 0.717) is 16.8 Å². The van der Waals surface area contributed by atoms with Gasteiger partial charge in [0.2, 0.25) is 0 Å². The summed E-state index contributed by atoms with van der Waals surface area (Å²) in [6.45, 7) is 1.63. The predicted molar refractivity (Wildman–Crippen MR) is 113 cm³/mol. The SMILES string of the molecule is CC(c1ccc(NC(=O)OCc2ccccc2)cc1-c1ccccc1)P(=O)(O)O. The molecular weight excluding hydrogens is 389 g/mol. The van der Waals surface area contributed by atoms with Crippen molar-refractivity contribution in [3.8, 4) is 11.1 Å². The molecule has 0 heterocycles. The van der Waals surface area contributed by atoms with Crippen LogP contribution in [-0.4, -0.2) is 15.9 Å². The normalized spacial score (nSPS) is 12.2. The minimum absolute atomic E-state index is 0.144. The molecular formula is C22H22NO5P. The molecule has 0 aliphatic rings. The Hall–Kier alpha value is -2.92. The third-order valence-corrected chi connectivity index (χ3v) is 5.84. The minimum Gasteiger partial charge on any atom is -0.444 e. The Balaban J connectivity index is 1.83. The average molecular weight is 411 g/mol. The fraction of sp³-hybridized carbons (Fsp3) is 0.136. The van der Waals surface area contributed by atoms with Gasteiger partial charge in [-0.1, -0.05) is 66.7 Å². The van der Waals surface area contributed by atoms with Crippen LogP contribution < -0.4 is 5.32 Å². The van der Waals surface area contributed by atoms with Crippen LogP contribution in [0.4, 0.5) is 10.5 Å². The zero-order chi connectivity index (χ0) is 20.9. The molecule has 3 aromatic rings. The lowest BCUT2D eigenvalue weighted by molar-refractivity contribution is 0.155. The summed E-state index contributed by atoms with van der Waals surface area (Å²) in [6.07, 6.45) is -0.608. The van der Waals surface area contributed by atoms with Crippen LogP contribution in [-0.2, 0) is 15.9 Å². The second-order valence-electron chi connectivity index (χ2n) is 6.62. The number of hydrogen-bond acceptors (Lipinski definition) is 3. The molecule has 1 atom stereocenters. The van der Waals surface area contributed by atoms with Gasteiger partial charge in [0.25, 0.3) is 0 Å². The number of carbonyl (C=O) groups excluding carboxylic acids is 1. The summed E-state index contributed by atoms with van der Waals surface area (Å²) in [7, 11) is -4.33. The van der Waals surface area contributed by atoms with Gasteiger partial charge in [-0.3, -0.25) is 9.88 Å². The molecule has 3 rings (SSSR count). The van der Waals surface area contributed by atoms with Crippen LogP contribution in [0.25, 0.3) is 11.1 Å². The molecule has 150 valence electrons. The topological polar surface area (TPSA) is 95.9 Å². The first kappa shape index (κ1) is 20.8. The number of rotatable bonds is 6. The molecule has 0 fully saturated rings. The van der Waals surface area contributed by atoms with Crippen molar-refractivity contribution in [2.24, 2.45) is 0 Å². The zero-order valence-electron chi connectivity index (χ0n) is 15.9. The van der Waals surface area contributed by atoms with Crippen molar-refractivity contribution in [1.82, 2.24) is 0 Å². The Bertz CT molecular complexity index is 1020. The van der Waals surface area contributed by atoms with Gasteiger partial charge in [0.05, 0.1) is 5.66 Å². The van der Waals surface area contributed by atoms with Crippen LogP contribution in [0.15, 0.2) is 78.9 Å². The molecule has 3 N–H and O–H groups in total. The largest absolute Gasteiger partial charge is 0.444 e. The Morgan fingerprint density at radius 2 is 1.62 bits per heavy atom. The van der Waals surface area contributed by atoms with Crippen LogP contribution in [0.1, 0.15) is 23.7 Å². The van der Waals surface area contributed by atoms with Crippen molar-refractivity contribution in [1.29, 1.82) is 0 Å². The summed E-state index contributed by atoms with van der Waals surface area (Å²) < 4.78 is 17.0. The van der Waals surface area contributed by atoms with Gasteiger partial charge in [0.15, 0.2) is 0 Å². The maximum absolute atomic E-state index is 12.2. The summed E-state index contributed by atoms with van der Waals surface area (Å²) in [5, 5.41) is 2.67. The number of nitrogens with one attached hydrogen (secondary N) is 1. The zero-order valence-corrected chi connectivity index (χ0v) is 16.8. The van der Waals surface area contributed by atoms with Gasteiger partial charge in [-0.2, -0.15) is 0 Å². The summed E-state index contributed by atoms with van der Waals surface area (Å²) in [4.78, 5) is 31.4. The quantitative estimate of drug-likeness (QED) is 0.476. The standard InChI is InChI=1S/C22H22NO5P/c1-16(29(25,26)27)20-13-12-19(14-21(20)18-10-6-3-7-11-18)23-22(24)28-15-17-8-4-2-5-9-17/h2-14,16H,15H2,1H3,(H,23,24)(H2,25,26,27). The van der Waals surface area contributed by atoms with E-state index in [-0.39, 0.29) is 6.61 Å². The molecule has 1 unspecified atom stereocenters. The Morgan fingerprint density at radius 3 is 2.24 bits per heavy atom. The molecule has 0 aliphatic heterocycles. The van der Waals surface area contributed by atoms with E-state index in [0.717, 1.165) is 11.1 Å². The highest BCUT2D eigenvalue weighted by Gasteiger charge is 2.28. The minimum atomic E-state index is -4.33. The van der Waals surface area contributed by atoms with Crippen LogP contribution in [0.5, 0.6) is 0 Å². The van der Waals surface area contributed by atoms with Gasteiger partial charge in [-0.25, -0.2) is 4.79 Å². The van der Waals surface area contributed by atoms with Gasteiger partial charge < -0.3 is 14.5 Å². The van der Waals surface area contributed by atoms with Crippen molar-refractivity contribution in [3.63, 3.8) is 0 Å². The summed E-state index contributed by atoms with van der Waals surface area (Å²) in [6, 6.07) is 23.5. The Morgan fingerprint density at radius 1 is 1.00 bits per heavy atom. The highest BCUT2D eigenvalue weighted by molar-refractivity contribution is 7.52. The number of carbonyl (C=O) groups is 1. The number of benzene rings is 3. The molecule has 1 amide bonds. The van der Waals surface area contributed by atoms with Crippen LogP contribution >= 0.6 is 7.60 Å². The maximum Gasteiger partial charge on any atom is 0.411 e. The van der Waals surface area contributed by atoms with E-state index in [1.54, 1.807) is 18.2 Å². The molecule has 0 spiro atoms. The number of ether oxygens (including phenoxy) is 1. The number of amides is 1. The summed E-state index contributed by atoms with van der Waals surface area (Å²) in [5.74, 6) is 0. The monoisotopic (exact) mass is 411 g/mol. The van der Waals surface area contributed by atoms with Gasteiger partial charge in [0, 0.05) is 5.69 Å². The van der Waals surface area contributed by atoms with E-state index in [4.69, 9.17) is 4.74 Å². The fourth-order valence-corrected chi connectivity index (χ4v) is 3.51. The number of anilines is 1. The van der Waals surface area contributed by atoms with E-state index in [2.05, 4.69) is 5.32 Å². The first-order valence-corrected chi connectivity index (χ1v) is 10.7. The molecule has 0 aromatic heterocycles. The summed E-state index contributed by atoms with van der Waals surface area (Å²) >= 11 is 0. The van der Waals surface area contributed by atoms with Crippen molar-refractivity contribution < 1.29 is 23.9 Å². The van der Waals surface area contributed by atoms with E-state index >= 15 is 0 Å². The molecule has 29 heavy (non-hydrogen) atoms. The molecule has 7 heteroatoms. The van der Waals surface area contributed by atoms with Gasteiger partial charge in [-0.15, -0.1) is 0 Å². The first-order valence-electron chi connectivity index (χ1n) is 9.07. The molecule has 6 nitrogen and oxygen atoms in total. The van der Waals surface area contributed by atoms with E-state index < -0.39 is 19.3 Å². The van der Waals surface area contributed by atoms with Crippen LogP contribution in [0.3, 0.4) is 0 Å². The van der Waals surface area contributed by atoms with Gasteiger partial charge in [-0.05, 0) is 41.3 Å². The van der Waals surface area contributed by atoms with E-state index in [1.807, 2.05) is 60.7 Å². The second-order valence-corrected chi connectivity index (χ2v) is 8.57. The van der Waals surface area contributed by atoms with Crippen LogP contribution in [0, 0.1) is 0 Å². The predicted octanol–water partition coefficient (Wildman–Crippen LogP) is 5.34. The van der Waals surface area contributed by atoms with Gasteiger partial charge in [0.1, 0.15) is 6.61 Å². The molecule has 0 radical (unpaired) electrons. The smallest absolute Gasteiger partial charge is 0.411 e. The highest BCUT2D eigenvalue weighted by atomic mass is 31.2.